The second-order valence-electron chi connectivity index (χ2n) is 3.97. The number of rotatable bonds is 3. The van der Waals surface area contributed by atoms with Gasteiger partial charge in [0.15, 0.2) is 5.78 Å². The van der Waals surface area contributed by atoms with Gasteiger partial charge in [0.2, 0.25) is 0 Å². The van der Waals surface area contributed by atoms with Crippen LogP contribution < -0.4 is 5.73 Å². The maximum absolute atomic E-state index is 11.6. The largest absolute Gasteiger partial charge is 0.399 e. The van der Waals surface area contributed by atoms with Crippen molar-refractivity contribution in [3.05, 3.63) is 52.0 Å². The third kappa shape index (κ3) is 3.83. The predicted octanol–water partition coefficient (Wildman–Crippen LogP) is 5.35. The van der Waals surface area contributed by atoms with Gasteiger partial charge in [-0.05, 0) is 37.3 Å². The van der Waals surface area contributed by atoms with Gasteiger partial charge in [-0.3, -0.25) is 4.79 Å². The molecule has 2 rings (SSSR count). The van der Waals surface area contributed by atoms with Crippen molar-refractivity contribution in [1.82, 2.24) is 0 Å². The molecule has 0 aromatic heterocycles. The number of hydrogen-bond donors (Lipinski definition) is 1. The standard InChI is InChI=1S/C14H11Cl2NOS.ClH/c1-8(18)10-7-9(17)5-6-12(10)19-13-4-2-3-11(15)14(13)16;/h2-7H,17H2,1H3;1H. The van der Waals surface area contributed by atoms with E-state index in [1.807, 2.05) is 18.2 Å². The predicted molar refractivity (Wildman–Crippen MR) is 88.7 cm³/mol. The van der Waals surface area contributed by atoms with E-state index >= 15 is 0 Å². The molecule has 20 heavy (non-hydrogen) atoms. The highest BCUT2D eigenvalue weighted by Crippen LogP contribution is 2.38. The van der Waals surface area contributed by atoms with Crippen LogP contribution in [0.15, 0.2) is 46.2 Å². The zero-order valence-corrected chi connectivity index (χ0v) is 13.7. The fraction of sp³-hybridized carbons (Fsp3) is 0.0714. The van der Waals surface area contributed by atoms with Crippen molar-refractivity contribution >= 4 is 58.8 Å². The Labute approximate surface area is 138 Å². The number of nitrogen functional groups attached to an aromatic ring is 1. The smallest absolute Gasteiger partial charge is 0.161 e. The number of carbonyl (C=O) groups is 1. The fourth-order valence-electron chi connectivity index (χ4n) is 1.59. The summed E-state index contributed by atoms with van der Waals surface area (Å²) < 4.78 is 0. The molecule has 0 spiro atoms. The number of carbonyl (C=O) groups excluding carboxylic acids is 1. The van der Waals surface area contributed by atoms with Gasteiger partial charge in [0.1, 0.15) is 0 Å². The SMILES string of the molecule is CC(=O)c1cc(N)ccc1Sc1cccc(Cl)c1Cl.Cl. The molecular weight excluding hydrogens is 337 g/mol. The lowest BCUT2D eigenvalue weighted by atomic mass is 10.1. The Bertz CT molecular complexity index is 646. The Balaban J connectivity index is 0.00000200. The third-order valence-corrected chi connectivity index (χ3v) is 4.59. The summed E-state index contributed by atoms with van der Waals surface area (Å²) >= 11 is 13.5. The second-order valence-corrected chi connectivity index (χ2v) is 5.83. The summed E-state index contributed by atoms with van der Waals surface area (Å²) in [5.74, 6) is -0.0343. The number of ketones is 1. The first kappa shape index (κ1) is 17.2. The molecule has 2 N–H and O–H groups in total. The average molecular weight is 349 g/mol. The van der Waals surface area contributed by atoms with Crippen LogP contribution in [-0.4, -0.2) is 5.78 Å². The normalized spacial score (nSPS) is 9.95. The molecule has 0 unspecified atom stereocenters. The Kier molecular flexibility index (Phi) is 6.21. The van der Waals surface area contributed by atoms with E-state index in [2.05, 4.69) is 0 Å². The molecule has 0 aliphatic rings. The van der Waals surface area contributed by atoms with Crippen molar-refractivity contribution in [3.63, 3.8) is 0 Å². The van der Waals surface area contributed by atoms with Gasteiger partial charge in [-0.25, -0.2) is 0 Å². The van der Waals surface area contributed by atoms with E-state index in [9.17, 15) is 4.79 Å². The van der Waals surface area contributed by atoms with Crippen LogP contribution in [0.25, 0.3) is 0 Å². The maximum Gasteiger partial charge on any atom is 0.161 e. The van der Waals surface area contributed by atoms with Crippen LogP contribution in [-0.2, 0) is 0 Å². The monoisotopic (exact) mass is 347 g/mol. The molecule has 2 nitrogen and oxygen atoms in total. The number of hydrogen-bond acceptors (Lipinski definition) is 3. The summed E-state index contributed by atoms with van der Waals surface area (Å²) in [5.41, 5.74) is 6.85. The van der Waals surface area contributed by atoms with Crippen molar-refractivity contribution < 1.29 is 4.79 Å². The molecule has 0 saturated carbocycles. The molecule has 0 heterocycles. The molecule has 0 aliphatic carbocycles. The van der Waals surface area contributed by atoms with E-state index in [4.69, 9.17) is 28.9 Å². The molecule has 106 valence electrons. The van der Waals surface area contributed by atoms with Gasteiger partial charge in [-0.2, -0.15) is 0 Å². The molecule has 2 aromatic rings. The molecule has 2 aromatic carbocycles. The molecule has 0 bridgehead atoms. The van der Waals surface area contributed by atoms with Gasteiger partial charge in [-0.1, -0.05) is 41.0 Å². The van der Waals surface area contributed by atoms with Crippen LogP contribution in [0, 0.1) is 0 Å². The van der Waals surface area contributed by atoms with E-state index in [1.165, 1.54) is 18.7 Å². The molecule has 0 radical (unpaired) electrons. The quantitative estimate of drug-likeness (QED) is 0.600. The Morgan fingerprint density at radius 3 is 2.50 bits per heavy atom. The first-order chi connectivity index (χ1) is 8.99. The number of benzene rings is 2. The minimum Gasteiger partial charge on any atom is -0.399 e. The van der Waals surface area contributed by atoms with Crippen molar-refractivity contribution in [2.75, 3.05) is 5.73 Å². The average Bonchev–Trinajstić information content (AvgIpc) is 2.36. The molecule has 0 atom stereocenters. The van der Waals surface area contributed by atoms with Crippen LogP contribution in [0.3, 0.4) is 0 Å². The van der Waals surface area contributed by atoms with Gasteiger partial charge in [0.05, 0.1) is 10.0 Å². The van der Waals surface area contributed by atoms with Crippen LogP contribution >= 0.6 is 47.4 Å². The number of Topliss-reactive ketones (excluding diaryl/α,β-unsaturated/α-hetero) is 1. The second kappa shape index (κ2) is 7.23. The zero-order chi connectivity index (χ0) is 14.0. The third-order valence-electron chi connectivity index (χ3n) is 2.52. The lowest BCUT2D eigenvalue weighted by Crippen LogP contribution is -1.97. The van der Waals surface area contributed by atoms with E-state index < -0.39 is 0 Å². The fourth-order valence-corrected chi connectivity index (χ4v) is 3.10. The first-order valence-corrected chi connectivity index (χ1v) is 7.08. The molecular formula is C14H12Cl3NOS. The highest BCUT2D eigenvalue weighted by molar-refractivity contribution is 7.99. The lowest BCUT2D eigenvalue weighted by Gasteiger charge is -2.09. The van der Waals surface area contributed by atoms with E-state index in [1.54, 1.807) is 18.2 Å². The molecule has 6 heteroatoms. The molecule has 0 aliphatic heterocycles. The maximum atomic E-state index is 11.6. The summed E-state index contributed by atoms with van der Waals surface area (Å²) in [5, 5.41) is 0.979. The van der Waals surface area contributed by atoms with E-state index in [0.717, 1.165) is 9.79 Å². The summed E-state index contributed by atoms with van der Waals surface area (Å²) in [4.78, 5) is 13.3. The van der Waals surface area contributed by atoms with Gasteiger partial charge in [-0.15, -0.1) is 12.4 Å². The highest BCUT2D eigenvalue weighted by Gasteiger charge is 2.12. The highest BCUT2D eigenvalue weighted by atomic mass is 35.5. The lowest BCUT2D eigenvalue weighted by molar-refractivity contribution is 0.101. The number of anilines is 1. The van der Waals surface area contributed by atoms with Crippen LogP contribution in [0.5, 0.6) is 0 Å². The summed E-state index contributed by atoms with van der Waals surface area (Å²) in [6.07, 6.45) is 0. The zero-order valence-electron chi connectivity index (χ0n) is 10.5. The van der Waals surface area contributed by atoms with Crippen LogP contribution in [0.4, 0.5) is 5.69 Å². The molecule has 0 saturated heterocycles. The van der Waals surface area contributed by atoms with Crippen molar-refractivity contribution in [2.24, 2.45) is 0 Å². The van der Waals surface area contributed by atoms with E-state index in [-0.39, 0.29) is 18.2 Å². The van der Waals surface area contributed by atoms with Gasteiger partial charge >= 0.3 is 0 Å². The topological polar surface area (TPSA) is 43.1 Å². The van der Waals surface area contributed by atoms with Crippen molar-refractivity contribution in [1.29, 1.82) is 0 Å². The molecule has 0 fully saturated rings. The van der Waals surface area contributed by atoms with Crippen LogP contribution in [0.2, 0.25) is 10.0 Å². The Hall–Kier alpha value is -0.870. The number of halogens is 3. The van der Waals surface area contributed by atoms with Gasteiger partial charge < -0.3 is 5.73 Å². The van der Waals surface area contributed by atoms with Gasteiger partial charge in [0.25, 0.3) is 0 Å². The van der Waals surface area contributed by atoms with Crippen LogP contribution in [0.1, 0.15) is 17.3 Å². The summed E-state index contributed by atoms with van der Waals surface area (Å²) in [7, 11) is 0. The summed E-state index contributed by atoms with van der Waals surface area (Å²) in [6, 6.07) is 10.6. The summed E-state index contributed by atoms with van der Waals surface area (Å²) in [6.45, 7) is 1.51. The Morgan fingerprint density at radius 2 is 1.85 bits per heavy atom. The Morgan fingerprint density at radius 1 is 1.15 bits per heavy atom. The first-order valence-electron chi connectivity index (χ1n) is 5.51. The molecule has 0 amide bonds. The van der Waals surface area contributed by atoms with E-state index in [0.29, 0.717) is 21.3 Å². The minimum absolute atomic E-state index is 0. The van der Waals surface area contributed by atoms with Gasteiger partial charge in [0, 0.05) is 21.0 Å². The van der Waals surface area contributed by atoms with Crippen molar-refractivity contribution in [2.45, 2.75) is 16.7 Å². The minimum atomic E-state index is -0.0343. The number of nitrogens with two attached hydrogens (primary N) is 1. The van der Waals surface area contributed by atoms with Crippen molar-refractivity contribution in [3.8, 4) is 0 Å².